The third-order valence-electron chi connectivity index (χ3n) is 3.42. The van der Waals surface area contributed by atoms with E-state index in [0.29, 0.717) is 5.69 Å². The number of anilines is 1. The Morgan fingerprint density at radius 3 is 2.27 bits per heavy atom. The second kappa shape index (κ2) is 5.97. The molecule has 1 aromatic carbocycles. The van der Waals surface area contributed by atoms with Crippen LogP contribution in [-0.4, -0.2) is 32.0 Å². The van der Waals surface area contributed by atoms with Crippen LogP contribution < -0.4 is 5.32 Å². The summed E-state index contributed by atoms with van der Waals surface area (Å²) >= 11 is 0. The summed E-state index contributed by atoms with van der Waals surface area (Å²) in [6, 6.07) is 3.98. The lowest BCUT2D eigenvalue weighted by atomic mass is 10.1. The number of hydrogen-bond acceptors (Lipinski definition) is 4. The van der Waals surface area contributed by atoms with Crippen LogP contribution in [-0.2, 0) is 11.3 Å². The van der Waals surface area contributed by atoms with Gasteiger partial charge in [-0.15, -0.1) is 5.10 Å². The fraction of sp³-hybridized carbons (Fsp3) is 0.333. The highest BCUT2D eigenvalue weighted by Crippen LogP contribution is 2.21. The second-order valence-electron chi connectivity index (χ2n) is 5.31. The summed E-state index contributed by atoms with van der Waals surface area (Å²) in [5, 5.41) is 19.0. The van der Waals surface area contributed by atoms with Gasteiger partial charge in [0.25, 0.3) is 0 Å². The van der Waals surface area contributed by atoms with E-state index >= 15 is 0 Å². The lowest BCUT2D eigenvalue weighted by Crippen LogP contribution is -2.21. The van der Waals surface area contributed by atoms with E-state index in [1.54, 1.807) is 6.92 Å². The van der Waals surface area contributed by atoms with Gasteiger partial charge in [-0.25, -0.2) is 9.48 Å². The standard InChI is InChI=1S/C15H18N4O3/c1-8-5-9(2)13(10(3)6-8)16-12(20)7-19-11(4)14(15(21)22)17-18-19/h5-6H,7H2,1-4H3,(H,16,20)(H,21,22). The van der Waals surface area contributed by atoms with Crippen LogP contribution in [0.2, 0.25) is 0 Å². The monoisotopic (exact) mass is 302 g/mol. The van der Waals surface area contributed by atoms with Gasteiger partial charge in [-0.3, -0.25) is 4.79 Å². The summed E-state index contributed by atoms with van der Waals surface area (Å²) in [5.74, 6) is -1.44. The normalized spacial score (nSPS) is 10.5. The molecular weight excluding hydrogens is 284 g/mol. The number of aryl methyl sites for hydroxylation is 3. The van der Waals surface area contributed by atoms with Crippen LogP contribution in [0.15, 0.2) is 12.1 Å². The van der Waals surface area contributed by atoms with Crippen LogP contribution >= 0.6 is 0 Å². The van der Waals surface area contributed by atoms with Crippen LogP contribution in [0.3, 0.4) is 0 Å². The quantitative estimate of drug-likeness (QED) is 0.898. The maximum Gasteiger partial charge on any atom is 0.358 e. The molecule has 1 amide bonds. The molecule has 2 aromatic rings. The van der Waals surface area contributed by atoms with Crippen molar-refractivity contribution >= 4 is 17.6 Å². The Labute approximate surface area is 128 Å². The predicted molar refractivity (Wildman–Crippen MR) is 81.0 cm³/mol. The average Bonchev–Trinajstić information content (AvgIpc) is 2.75. The maximum absolute atomic E-state index is 12.2. The van der Waals surface area contributed by atoms with Crippen molar-refractivity contribution in [1.82, 2.24) is 15.0 Å². The number of aromatic carboxylic acids is 1. The third-order valence-corrected chi connectivity index (χ3v) is 3.42. The van der Waals surface area contributed by atoms with Crippen LogP contribution in [0.1, 0.15) is 32.9 Å². The fourth-order valence-corrected chi connectivity index (χ4v) is 2.40. The molecule has 0 radical (unpaired) electrons. The van der Waals surface area contributed by atoms with Gasteiger partial charge in [0.15, 0.2) is 5.69 Å². The number of benzene rings is 1. The van der Waals surface area contributed by atoms with Crippen molar-refractivity contribution in [1.29, 1.82) is 0 Å². The van der Waals surface area contributed by atoms with Gasteiger partial charge in [0, 0.05) is 5.69 Å². The van der Waals surface area contributed by atoms with Crippen molar-refractivity contribution < 1.29 is 14.7 Å². The summed E-state index contributed by atoms with van der Waals surface area (Å²) in [7, 11) is 0. The lowest BCUT2D eigenvalue weighted by molar-refractivity contribution is -0.117. The molecule has 2 rings (SSSR count). The van der Waals surface area contributed by atoms with Crippen LogP contribution in [0.25, 0.3) is 0 Å². The maximum atomic E-state index is 12.2. The van der Waals surface area contributed by atoms with Gasteiger partial charge in [-0.1, -0.05) is 22.9 Å². The molecule has 22 heavy (non-hydrogen) atoms. The topological polar surface area (TPSA) is 97.1 Å². The number of carboxylic acid groups (broad SMARTS) is 1. The smallest absolute Gasteiger partial charge is 0.358 e. The van der Waals surface area contributed by atoms with Gasteiger partial charge in [0.2, 0.25) is 5.91 Å². The molecule has 0 saturated heterocycles. The molecule has 1 aromatic heterocycles. The van der Waals surface area contributed by atoms with E-state index in [1.807, 2.05) is 32.9 Å². The fourth-order valence-electron chi connectivity index (χ4n) is 2.40. The molecule has 0 aliphatic heterocycles. The zero-order valence-corrected chi connectivity index (χ0v) is 13.0. The molecule has 0 atom stereocenters. The van der Waals surface area contributed by atoms with Crippen molar-refractivity contribution in [2.45, 2.75) is 34.2 Å². The first-order valence-electron chi connectivity index (χ1n) is 6.80. The second-order valence-corrected chi connectivity index (χ2v) is 5.31. The molecule has 0 bridgehead atoms. The van der Waals surface area contributed by atoms with Crippen LogP contribution in [0.5, 0.6) is 0 Å². The van der Waals surface area contributed by atoms with Crippen molar-refractivity contribution in [3.63, 3.8) is 0 Å². The Bertz CT molecular complexity index is 726. The van der Waals surface area contributed by atoms with Crippen LogP contribution in [0.4, 0.5) is 5.69 Å². The summed E-state index contributed by atoms with van der Waals surface area (Å²) in [6.45, 7) is 7.34. The molecule has 0 fully saturated rings. The van der Waals surface area contributed by atoms with Crippen molar-refractivity contribution in [2.75, 3.05) is 5.32 Å². The minimum absolute atomic E-state index is 0.0845. The van der Waals surface area contributed by atoms with Gasteiger partial charge < -0.3 is 10.4 Å². The first-order valence-corrected chi connectivity index (χ1v) is 6.80. The Balaban J connectivity index is 2.16. The average molecular weight is 302 g/mol. The first kappa shape index (κ1) is 15.7. The number of aromatic nitrogens is 3. The highest BCUT2D eigenvalue weighted by molar-refractivity contribution is 5.92. The van der Waals surface area contributed by atoms with Crippen molar-refractivity contribution in [3.8, 4) is 0 Å². The number of carboxylic acids is 1. The van der Waals surface area contributed by atoms with Gasteiger partial charge >= 0.3 is 5.97 Å². The lowest BCUT2D eigenvalue weighted by Gasteiger charge is -2.13. The molecule has 0 aliphatic carbocycles. The summed E-state index contributed by atoms with van der Waals surface area (Å²) in [5.41, 5.74) is 4.06. The van der Waals surface area contributed by atoms with E-state index < -0.39 is 5.97 Å². The predicted octanol–water partition coefficient (Wildman–Crippen LogP) is 1.85. The zero-order valence-electron chi connectivity index (χ0n) is 13.0. The molecule has 0 aliphatic rings. The van der Waals surface area contributed by atoms with Crippen molar-refractivity contribution in [3.05, 3.63) is 40.2 Å². The number of carbonyl (C=O) groups is 2. The zero-order chi connectivity index (χ0) is 16.4. The van der Waals surface area contributed by atoms with E-state index in [9.17, 15) is 9.59 Å². The minimum Gasteiger partial charge on any atom is -0.476 e. The van der Waals surface area contributed by atoms with E-state index in [4.69, 9.17) is 5.11 Å². The largest absolute Gasteiger partial charge is 0.476 e. The van der Waals surface area contributed by atoms with Gasteiger partial charge in [0.1, 0.15) is 6.54 Å². The van der Waals surface area contributed by atoms with E-state index in [-0.39, 0.29) is 18.1 Å². The number of hydrogen-bond donors (Lipinski definition) is 2. The van der Waals surface area contributed by atoms with E-state index in [0.717, 1.165) is 22.4 Å². The SMILES string of the molecule is Cc1cc(C)c(NC(=O)Cn2nnc(C(=O)O)c2C)c(C)c1. The summed E-state index contributed by atoms with van der Waals surface area (Å²) in [4.78, 5) is 23.1. The minimum atomic E-state index is -1.16. The molecule has 0 saturated carbocycles. The van der Waals surface area contributed by atoms with Crippen molar-refractivity contribution in [2.24, 2.45) is 0 Å². The van der Waals surface area contributed by atoms with Gasteiger partial charge in [0.05, 0.1) is 5.69 Å². The molecule has 0 spiro atoms. The van der Waals surface area contributed by atoms with Gasteiger partial charge in [-0.2, -0.15) is 0 Å². The number of carbonyl (C=O) groups excluding carboxylic acids is 1. The molecule has 1 heterocycles. The van der Waals surface area contributed by atoms with E-state index in [1.165, 1.54) is 4.68 Å². The Morgan fingerprint density at radius 2 is 1.77 bits per heavy atom. The van der Waals surface area contributed by atoms with Crippen LogP contribution in [0, 0.1) is 27.7 Å². The molecule has 2 N–H and O–H groups in total. The van der Waals surface area contributed by atoms with E-state index in [2.05, 4.69) is 15.6 Å². The number of amides is 1. The highest BCUT2D eigenvalue weighted by Gasteiger charge is 2.17. The Kier molecular flexibility index (Phi) is 4.25. The third kappa shape index (κ3) is 3.13. The Hall–Kier alpha value is -2.70. The first-order chi connectivity index (χ1) is 10.3. The Morgan fingerprint density at radius 1 is 1.18 bits per heavy atom. The number of nitrogens with zero attached hydrogens (tertiary/aromatic N) is 3. The molecule has 7 heteroatoms. The number of nitrogens with one attached hydrogen (secondary N) is 1. The summed E-state index contributed by atoms with van der Waals surface area (Å²) in [6.07, 6.45) is 0. The number of rotatable bonds is 4. The molecule has 0 unspecified atom stereocenters. The van der Waals surface area contributed by atoms with Gasteiger partial charge in [-0.05, 0) is 38.8 Å². The molecule has 116 valence electrons. The molecular formula is C15H18N4O3. The summed E-state index contributed by atoms with van der Waals surface area (Å²) < 4.78 is 1.28. The highest BCUT2D eigenvalue weighted by atomic mass is 16.4. The molecule has 7 nitrogen and oxygen atoms in total.